The predicted molar refractivity (Wildman–Crippen MR) is 120 cm³/mol. The van der Waals surface area contributed by atoms with Crippen molar-refractivity contribution in [3.8, 4) is 5.95 Å². The highest BCUT2D eigenvalue weighted by atomic mass is 32.2. The van der Waals surface area contributed by atoms with E-state index in [1.807, 2.05) is 6.07 Å². The Balaban J connectivity index is 1.39. The Kier molecular flexibility index (Phi) is 6.50. The topological polar surface area (TPSA) is 110 Å². The maximum Gasteiger partial charge on any atom is 0.236 e. The van der Waals surface area contributed by atoms with E-state index in [1.54, 1.807) is 53.8 Å². The number of benzene rings is 1. The van der Waals surface area contributed by atoms with Crippen LogP contribution in [0.1, 0.15) is 31.2 Å². The summed E-state index contributed by atoms with van der Waals surface area (Å²) in [7, 11) is -3.23. The molecule has 0 radical (unpaired) electrons. The number of anilines is 1. The van der Waals surface area contributed by atoms with Crippen molar-refractivity contribution in [2.45, 2.75) is 43.2 Å². The fourth-order valence-corrected chi connectivity index (χ4v) is 4.49. The molecule has 4 rings (SSSR count). The lowest BCUT2D eigenvalue weighted by molar-refractivity contribution is -0.121. The van der Waals surface area contributed by atoms with Crippen LogP contribution in [-0.4, -0.2) is 52.7 Å². The van der Waals surface area contributed by atoms with Gasteiger partial charge in [-0.3, -0.25) is 9.36 Å². The Hall–Kier alpha value is -3.27. The van der Waals surface area contributed by atoms with Crippen LogP contribution in [0.15, 0.2) is 60.1 Å². The van der Waals surface area contributed by atoms with Crippen LogP contribution in [0.4, 0.5) is 5.82 Å². The van der Waals surface area contributed by atoms with Gasteiger partial charge in [0.1, 0.15) is 12.1 Å². The van der Waals surface area contributed by atoms with E-state index in [9.17, 15) is 13.2 Å². The van der Waals surface area contributed by atoms with Crippen molar-refractivity contribution in [1.82, 2.24) is 24.8 Å². The minimum Gasteiger partial charge on any atom is -0.353 e. The van der Waals surface area contributed by atoms with E-state index in [0.717, 1.165) is 37.2 Å². The molecule has 9 nitrogen and oxygen atoms in total. The fraction of sp³-hybridized carbons (Fsp3) is 0.364. The van der Waals surface area contributed by atoms with Gasteiger partial charge in [-0.25, -0.2) is 18.4 Å². The molecule has 1 aliphatic heterocycles. The fourth-order valence-electron chi connectivity index (χ4n) is 3.86. The summed E-state index contributed by atoms with van der Waals surface area (Å²) in [6.45, 7) is 1.19. The highest BCUT2D eigenvalue weighted by Crippen LogP contribution is 2.25. The van der Waals surface area contributed by atoms with Crippen molar-refractivity contribution in [1.29, 1.82) is 0 Å². The lowest BCUT2D eigenvalue weighted by Crippen LogP contribution is -2.43. The van der Waals surface area contributed by atoms with Gasteiger partial charge >= 0.3 is 0 Å². The molecule has 1 saturated heterocycles. The maximum absolute atomic E-state index is 12.7. The van der Waals surface area contributed by atoms with Gasteiger partial charge in [-0.2, -0.15) is 4.98 Å². The lowest BCUT2D eigenvalue weighted by Gasteiger charge is -2.36. The normalized spacial score (nSPS) is 16.7. The lowest BCUT2D eigenvalue weighted by atomic mass is 9.99. The highest BCUT2D eigenvalue weighted by Gasteiger charge is 2.26. The van der Waals surface area contributed by atoms with Crippen LogP contribution in [0.25, 0.3) is 5.95 Å². The molecule has 0 spiro atoms. The first-order valence-electron chi connectivity index (χ1n) is 10.5. The van der Waals surface area contributed by atoms with Crippen LogP contribution in [0, 0.1) is 0 Å². The van der Waals surface area contributed by atoms with E-state index < -0.39 is 9.84 Å². The van der Waals surface area contributed by atoms with E-state index in [0.29, 0.717) is 18.9 Å². The molecule has 1 N–H and O–H groups in total. The summed E-state index contributed by atoms with van der Waals surface area (Å²) >= 11 is 0. The van der Waals surface area contributed by atoms with Gasteiger partial charge in [-0.1, -0.05) is 12.1 Å². The zero-order valence-electron chi connectivity index (χ0n) is 17.9. The number of nitrogens with one attached hydrogen (secondary N) is 1. The van der Waals surface area contributed by atoms with Gasteiger partial charge in [0, 0.05) is 50.4 Å². The molecule has 1 fully saturated rings. The van der Waals surface area contributed by atoms with Gasteiger partial charge < -0.3 is 10.2 Å². The Bertz CT molecular complexity index is 1160. The molecule has 10 heteroatoms. The van der Waals surface area contributed by atoms with Crippen LogP contribution in [0.3, 0.4) is 0 Å². The maximum atomic E-state index is 12.7. The molecule has 1 unspecified atom stereocenters. The molecule has 168 valence electrons. The number of imidazole rings is 1. The Morgan fingerprint density at radius 3 is 2.69 bits per heavy atom. The van der Waals surface area contributed by atoms with Crippen LogP contribution in [0.2, 0.25) is 0 Å². The summed E-state index contributed by atoms with van der Waals surface area (Å²) in [5.41, 5.74) is 0.854. The average molecular weight is 455 g/mol. The Morgan fingerprint density at radius 2 is 1.97 bits per heavy atom. The van der Waals surface area contributed by atoms with Crippen molar-refractivity contribution < 1.29 is 13.2 Å². The van der Waals surface area contributed by atoms with Crippen molar-refractivity contribution in [2.24, 2.45) is 0 Å². The molecule has 3 heterocycles. The van der Waals surface area contributed by atoms with Gasteiger partial charge in [0.05, 0.1) is 4.90 Å². The molecule has 1 aromatic carbocycles. The second-order valence-electron chi connectivity index (χ2n) is 7.92. The number of hydrogen-bond donors (Lipinski definition) is 1. The molecular formula is C22H26N6O3S. The number of piperidine rings is 1. The molecular weight excluding hydrogens is 428 g/mol. The minimum absolute atomic E-state index is 0.0435. The molecule has 0 bridgehead atoms. The second-order valence-corrected chi connectivity index (χ2v) is 9.94. The summed E-state index contributed by atoms with van der Waals surface area (Å²) < 4.78 is 24.9. The van der Waals surface area contributed by atoms with Crippen LogP contribution >= 0.6 is 0 Å². The zero-order valence-corrected chi connectivity index (χ0v) is 18.7. The third-order valence-electron chi connectivity index (χ3n) is 5.55. The molecule has 0 aliphatic carbocycles. The number of carbonyl (C=O) groups is 1. The number of rotatable bonds is 7. The molecule has 1 aliphatic rings. The van der Waals surface area contributed by atoms with Gasteiger partial charge in [0.25, 0.3) is 0 Å². The first-order valence-corrected chi connectivity index (χ1v) is 12.4. The van der Waals surface area contributed by atoms with Gasteiger partial charge in [0.2, 0.25) is 11.9 Å². The quantitative estimate of drug-likeness (QED) is 0.582. The summed E-state index contributed by atoms with van der Waals surface area (Å²) in [6.07, 6.45) is 11.4. The van der Waals surface area contributed by atoms with Gasteiger partial charge in [-0.15, -0.1) is 0 Å². The molecule has 3 aromatic rings. The number of nitrogens with zero attached hydrogens (tertiary/aromatic N) is 5. The minimum atomic E-state index is -3.23. The largest absolute Gasteiger partial charge is 0.353 e. The summed E-state index contributed by atoms with van der Waals surface area (Å²) in [6, 6.07) is 8.51. The smallest absolute Gasteiger partial charge is 0.236 e. The Morgan fingerprint density at radius 1 is 1.16 bits per heavy atom. The number of amides is 1. The van der Waals surface area contributed by atoms with Crippen molar-refractivity contribution in [2.75, 3.05) is 17.7 Å². The second kappa shape index (κ2) is 9.47. The van der Waals surface area contributed by atoms with E-state index >= 15 is 0 Å². The summed E-state index contributed by atoms with van der Waals surface area (Å²) in [5, 5.41) is 2.95. The summed E-state index contributed by atoms with van der Waals surface area (Å²) in [5.74, 6) is 1.31. The van der Waals surface area contributed by atoms with Crippen LogP contribution in [-0.2, 0) is 21.2 Å². The third kappa shape index (κ3) is 5.31. The van der Waals surface area contributed by atoms with E-state index in [1.165, 1.54) is 6.26 Å². The van der Waals surface area contributed by atoms with Crippen molar-refractivity contribution in [3.05, 3.63) is 60.8 Å². The summed E-state index contributed by atoms with van der Waals surface area (Å²) in [4.78, 5) is 28.2. The van der Waals surface area contributed by atoms with Crippen molar-refractivity contribution in [3.63, 3.8) is 0 Å². The standard InChI is InChI=1S/C22H26N6O3S/c1-32(30,31)19-7-5-17(6-8-19)15-25-21(29)14-18-4-2-3-12-28(18)20-9-10-24-22(26-20)27-13-11-23-16-27/h5-11,13,16,18H,2-4,12,14-15H2,1H3,(H,25,29). The van der Waals surface area contributed by atoms with Crippen molar-refractivity contribution >= 4 is 21.6 Å². The number of carbonyl (C=O) groups excluding carboxylic acids is 1. The monoisotopic (exact) mass is 454 g/mol. The van der Waals surface area contributed by atoms with E-state index in [4.69, 9.17) is 0 Å². The van der Waals surface area contributed by atoms with E-state index in [-0.39, 0.29) is 16.8 Å². The molecule has 2 aromatic heterocycles. The van der Waals surface area contributed by atoms with E-state index in [2.05, 4.69) is 25.2 Å². The first kappa shape index (κ1) is 21.9. The average Bonchev–Trinajstić information content (AvgIpc) is 3.33. The predicted octanol–water partition coefficient (Wildman–Crippen LogP) is 2.13. The molecule has 1 atom stereocenters. The first-order chi connectivity index (χ1) is 15.4. The van der Waals surface area contributed by atoms with Gasteiger partial charge in [0.15, 0.2) is 9.84 Å². The molecule has 32 heavy (non-hydrogen) atoms. The molecule has 1 amide bonds. The van der Waals surface area contributed by atoms with Crippen LogP contribution in [0.5, 0.6) is 0 Å². The third-order valence-corrected chi connectivity index (χ3v) is 6.68. The van der Waals surface area contributed by atoms with Crippen LogP contribution < -0.4 is 10.2 Å². The zero-order chi connectivity index (χ0) is 22.6. The number of aromatic nitrogens is 4. The van der Waals surface area contributed by atoms with Gasteiger partial charge in [-0.05, 0) is 43.0 Å². The number of hydrogen-bond acceptors (Lipinski definition) is 7. The Labute approximate surface area is 187 Å². The molecule has 0 saturated carbocycles. The highest BCUT2D eigenvalue weighted by molar-refractivity contribution is 7.90. The SMILES string of the molecule is CS(=O)(=O)c1ccc(CNC(=O)CC2CCCCN2c2ccnc(-n3ccnc3)n2)cc1. The number of sulfone groups is 1.